The molecule has 0 radical (unpaired) electrons. The number of nitrogens with two attached hydrogens (primary N) is 1. The highest BCUT2D eigenvalue weighted by atomic mass is 16.5. The Balaban J connectivity index is 2.22. The molecule has 1 aromatic carbocycles. The van der Waals surface area contributed by atoms with Gasteiger partial charge in [0, 0.05) is 18.3 Å². The molecule has 0 amide bonds. The number of rotatable bonds is 4. The minimum absolute atomic E-state index is 0.499. The van der Waals surface area contributed by atoms with Gasteiger partial charge in [-0.2, -0.15) is 0 Å². The van der Waals surface area contributed by atoms with E-state index in [-0.39, 0.29) is 0 Å². The highest BCUT2D eigenvalue weighted by Gasteiger charge is 2.04. The van der Waals surface area contributed by atoms with Gasteiger partial charge in [0.05, 0.1) is 0 Å². The smallest absolute Gasteiger partial charge is 0.222 e. The zero-order valence-corrected chi connectivity index (χ0v) is 10.8. The van der Waals surface area contributed by atoms with Crippen LogP contribution in [0.4, 0.5) is 0 Å². The second-order valence-corrected chi connectivity index (χ2v) is 4.27. The fourth-order valence-corrected chi connectivity index (χ4v) is 1.78. The fourth-order valence-electron chi connectivity index (χ4n) is 1.78. The molecule has 94 valence electrons. The summed E-state index contributed by atoms with van der Waals surface area (Å²) < 4.78 is 5.80. The van der Waals surface area contributed by atoms with Gasteiger partial charge in [-0.05, 0) is 42.7 Å². The average Bonchev–Trinajstić information content (AvgIpc) is 2.41. The van der Waals surface area contributed by atoms with Crippen LogP contribution < -0.4 is 10.5 Å². The highest BCUT2D eigenvalue weighted by molar-refractivity contribution is 5.35. The predicted octanol–water partition coefficient (Wildman–Crippen LogP) is 3.20. The molecular formula is C15H18N2O. The lowest BCUT2D eigenvalue weighted by molar-refractivity contribution is 0.458. The average molecular weight is 242 g/mol. The lowest BCUT2D eigenvalue weighted by atomic mass is 10.1. The van der Waals surface area contributed by atoms with E-state index in [2.05, 4.69) is 18.0 Å². The molecule has 0 unspecified atom stereocenters. The maximum absolute atomic E-state index is 5.80. The Labute approximate surface area is 108 Å². The summed E-state index contributed by atoms with van der Waals surface area (Å²) in [6, 6.07) is 10.1. The van der Waals surface area contributed by atoms with Crippen LogP contribution in [0.25, 0.3) is 0 Å². The molecule has 1 aromatic heterocycles. The first-order valence-electron chi connectivity index (χ1n) is 6.15. The Morgan fingerprint density at radius 3 is 2.72 bits per heavy atom. The van der Waals surface area contributed by atoms with Crippen molar-refractivity contribution in [3.8, 4) is 11.6 Å². The molecule has 3 heteroatoms. The van der Waals surface area contributed by atoms with E-state index in [9.17, 15) is 0 Å². The molecule has 18 heavy (non-hydrogen) atoms. The van der Waals surface area contributed by atoms with Crippen LogP contribution in [0.15, 0.2) is 36.5 Å². The van der Waals surface area contributed by atoms with Crippen LogP contribution in [0.1, 0.15) is 23.6 Å². The van der Waals surface area contributed by atoms with Crippen molar-refractivity contribution in [2.24, 2.45) is 5.73 Å². The third kappa shape index (κ3) is 2.87. The lowest BCUT2D eigenvalue weighted by Gasteiger charge is -2.09. The molecule has 2 rings (SSSR count). The van der Waals surface area contributed by atoms with E-state index < -0.39 is 0 Å². The Hall–Kier alpha value is -1.87. The van der Waals surface area contributed by atoms with E-state index in [0.717, 1.165) is 23.3 Å². The monoisotopic (exact) mass is 242 g/mol. The van der Waals surface area contributed by atoms with Gasteiger partial charge in [0.1, 0.15) is 5.75 Å². The number of hydrogen-bond donors (Lipinski definition) is 1. The van der Waals surface area contributed by atoms with Crippen molar-refractivity contribution in [2.45, 2.75) is 26.8 Å². The van der Waals surface area contributed by atoms with Gasteiger partial charge in [-0.1, -0.05) is 19.1 Å². The van der Waals surface area contributed by atoms with E-state index in [4.69, 9.17) is 10.5 Å². The minimum Gasteiger partial charge on any atom is -0.439 e. The number of aromatic nitrogens is 1. The molecule has 2 aromatic rings. The van der Waals surface area contributed by atoms with Gasteiger partial charge in [-0.3, -0.25) is 0 Å². The first-order chi connectivity index (χ1) is 8.72. The molecule has 2 N–H and O–H groups in total. The summed E-state index contributed by atoms with van der Waals surface area (Å²) in [5.74, 6) is 1.46. The molecule has 0 aliphatic heterocycles. The quantitative estimate of drug-likeness (QED) is 0.895. The maximum atomic E-state index is 5.80. The van der Waals surface area contributed by atoms with Crippen molar-refractivity contribution < 1.29 is 4.74 Å². The largest absolute Gasteiger partial charge is 0.439 e. The van der Waals surface area contributed by atoms with E-state index in [1.807, 2.05) is 31.2 Å². The van der Waals surface area contributed by atoms with Gasteiger partial charge >= 0.3 is 0 Å². The van der Waals surface area contributed by atoms with E-state index >= 15 is 0 Å². The van der Waals surface area contributed by atoms with Crippen molar-refractivity contribution in [1.29, 1.82) is 0 Å². The second kappa shape index (κ2) is 5.65. The summed E-state index contributed by atoms with van der Waals surface area (Å²) in [5.41, 5.74) is 8.85. The molecule has 0 fully saturated rings. The zero-order valence-electron chi connectivity index (χ0n) is 10.8. The van der Waals surface area contributed by atoms with Gasteiger partial charge in [0.2, 0.25) is 5.88 Å². The molecule has 0 bridgehead atoms. The molecule has 0 atom stereocenters. The number of hydrogen-bond acceptors (Lipinski definition) is 3. The minimum atomic E-state index is 0.499. The summed E-state index contributed by atoms with van der Waals surface area (Å²) in [4.78, 5) is 4.30. The normalized spacial score (nSPS) is 10.4. The SMILES string of the molecule is CCc1cccc(Oc2ncc(CN)cc2C)c1. The number of benzene rings is 1. The Morgan fingerprint density at radius 2 is 2.06 bits per heavy atom. The maximum Gasteiger partial charge on any atom is 0.222 e. The third-order valence-electron chi connectivity index (χ3n) is 2.84. The molecule has 0 aliphatic rings. The van der Waals surface area contributed by atoms with Crippen molar-refractivity contribution in [3.63, 3.8) is 0 Å². The third-order valence-corrected chi connectivity index (χ3v) is 2.84. The molecular weight excluding hydrogens is 224 g/mol. The van der Waals surface area contributed by atoms with Crippen molar-refractivity contribution in [3.05, 3.63) is 53.2 Å². The van der Waals surface area contributed by atoms with Crippen LogP contribution in [0.5, 0.6) is 11.6 Å². The number of pyridine rings is 1. The van der Waals surface area contributed by atoms with Crippen LogP contribution in [-0.4, -0.2) is 4.98 Å². The van der Waals surface area contributed by atoms with Crippen molar-refractivity contribution >= 4 is 0 Å². The van der Waals surface area contributed by atoms with E-state index in [1.54, 1.807) is 6.20 Å². The first kappa shape index (κ1) is 12.6. The van der Waals surface area contributed by atoms with Gasteiger partial charge in [0.15, 0.2) is 0 Å². The number of aryl methyl sites for hydroxylation is 2. The molecule has 0 spiro atoms. The van der Waals surface area contributed by atoms with Crippen LogP contribution >= 0.6 is 0 Å². The fraction of sp³-hybridized carbons (Fsp3) is 0.267. The van der Waals surface area contributed by atoms with Crippen molar-refractivity contribution in [2.75, 3.05) is 0 Å². The predicted molar refractivity (Wildman–Crippen MR) is 72.8 cm³/mol. The highest BCUT2D eigenvalue weighted by Crippen LogP contribution is 2.24. The summed E-state index contributed by atoms with van der Waals surface area (Å²) in [6.07, 6.45) is 2.75. The van der Waals surface area contributed by atoms with Crippen molar-refractivity contribution in [1.82, 2.24) is 4.98 Å². The van der Waals surface area contributed by atoms with Crippen LogP contribution in [0, 0.1) is 6.92 Å². The Kier molecular flexibility index (Phi) is 3.95. The molecule has 1 heterocycles. The van der Waals surface area contributed by atoms with Crippen LogP contribution in [0.3, 0.4) is 0 Å². The van der Waals surface area contributed by atoms with Crippen LogP contribution in [-0.2, 0) is 13.0 Å². The van der Waals surface area contributed by atoms with Gasteiger partial charge in [-0.25, -0.2) is 4.98 Å². The van der Waals surface area contributed by atoms with Gasteiger partial charge in [-0.15, -0.1) is 0 Å². The topological polar surface area (TPSA) is 48.1 Å². The van der Waals surface area contributed by atoms with Gasteiger partial charge in [0.25, 0.3) is 0 Å². The summed E-state index contributed by atoms with van der Waals surface area (Å²) in [6.45, 7) is 4.60. The molecule has 0 saturated heterocycles. The summed E-state index contributed by atoms with van der Waals surface area (Å²) >= 11 is 0. The van der Waals surface area contributed by atoms with Crippen LogP contribution in [0.2, 0.25) is 0 Å². The number of ether oxygens (including phenoxy) is 1. The second-order valence-electron chi connectivity index (χ2n) is 4.27. The number of nitrogens with zero attached hydrogens (tertiary/aromatic N) is 1. The first-order valence-corrected chi connectivity index (χ1v) is 6.15. The summed E-state index contributed by atoms with van der Waals surface area (Å²) in [5, 5.41) is 0. The summed E-state index contributed by atoms with van der Waals surface area (Å²) in [7, 11) is 0. The van der Waals surface area contributed by atoms with Gasteiger partial charge < -0.3 is 10.5 Å². The standard InChI is InChI=1S/C15H18N2O/c1-3-12-5-4-6-14(8-12)18-15-11(2)7-13(9-16)10-17-15/h4-8,10H,3,9,16H2,1-2H3. The van der Waals surface area contributed by atoms with E-state index in [0.29, 0.717) is 12.4 Å². The lowest BCUT2D eigenvalue weighted by Crippen LogP contribution is -1.99. The Morgan fingerprint density at radius 1 is 1.22 bits per heavy atom. The molecule has 0 aliphatic carbocycles. The zero-order chi connectivity index (χ0) is 13.0. The molecule has 3 nitrogen and oxygen atoms in total. The Bertz CT molecular complexity index is 538. The van der Waals surface area contributed by atoms with E-state index in [1.165, 1.54) is 5.56 Å². The molecule has 0 saturated carbocycles.